The second-order valence-electron chi connectivity index (χ2n) is 4.68. The highest BCUT2D eigenvalue weighted by Gasteiger charge is 2.27. The molecular weight excluding hydrogens is 344 g/mol. The predicted molar refractivity (Wildman–Crippen MR) is 78.1 cm³/mol. The summed E-state index contributed by atoms with van der Waals surface area (Å²) in [5, 5.41) is 0. The lowest BCUT2D eigenvalue weighted by Crippen LogP contribution is -2.43. The number of benzene rings is 1. The van der Waals surface area contributed by atoms with Crippen molar-refractivity contribution >= 4 is 28.5 Å². The van der Waals surface area contributed by atoms with E-state index >= 15 is 0 Å². The summed E-state index contributed by atoms with van der Waals surface area (Å²) in [5.74, 6) is -0.243. The third kappa shape index (κ3) is 2.84. The molecule has 2 rings (SSSR count). The average Bonchev–Trinajstić information content (AvgIpc) is 2.38. The van der Waals surface area contributed by atoms with Crippen LogP contribution in [0.3, 0.4) is 0 Å². The van der Waals surface area contributed by atoms with Crippen molar-refractivity contribution in [2.45, 2.75) is 38.6 Å². The van der Waals surface area contributed by atoms with E-state index in [-0.39, 0.29) is 11.7 Å². The first-order chi connectivity index (χ1) is 8.63. The van der Waals surface area contributed by atoms with Crippen LogP contribution < -0.4 is 0 Å². The largest absolute Gasteiger partial charge is 0.336 e. The van der Waals surface area contributed by atoms with Crippen molar-refractivity contribution in [3.63, 3.8) is 0 Å². The van der Waals surface area contributed by atoms with Gasteiger partial charge in [0.1, 0.15) is 5.82 Å². The van der Waals surface area contributed by atoms with Crippen molar-refractivity contribution in [2.24, 2.45) is 0 Å². The van der Waals surface area contributed by atoms with Gasteiger partial charge in [-0.25, -0.2) is 4.39 Å². The first-order valence-electron chi connectivity index (χ1n) is 6.39. The van der Waals surface area contributed by atoms with Gasteiger partial charge in [0.2, 0.25) is 0 Å². The van der Waals surface area contributed by atoms with Crippen molar-refractivity contribution < 1.29 is 9.18 Å². The molecule has 1 heterocycles. The zero-order valence-electron chi connectivity index (χ0n) is 10.5. The van der Waals surface area contributed by atoms with Crippen molar-refractivity contribution in [2.75, 3.05) is 6.54 Å². The van der Waals surface area contributed by atoms with Gasteiger partial charge in [-0.2, -0.15) is 0 Å². The summed E-state index contributed by atoms with van der Waals surface area (Å²) in [5.41, 5.74) is 0.623. The first kappa shape index (κ1) is 13.8. The van der Waals surface area contributed by atoms with Crippen LogP contribution in [0, 0.1) is 9.39 Å². The van der Waals surface area contributed by atoms with Crippen molar-refractivity contribution in [1.82, 2.24) is 4.90 Å². The van der Waals surface area contributed by atoms with E-state index in [9.17, 15) is 9.18 Å². The number of carbonyl (C=O) groups excluding carboxylic acids is 1. The zero-order chi connectivity index (χ0) is 13.1. The van der Waals surface area contributed by atoms with Crippen LogP contribution in [0.15, 0.2) is 18.2 Å². The molecule has 0 spiro atoms. The van der Waals surface area contributed by atoms with E-state index in [0.717, 1.165) is 25.8 Å². The minimum atomic E-state index is -0.290. The normalized spacial score (nSPS) is 19.9. The Labute approximate surface area is 121 Å². The standard InChI is InChI=1S/C14H17FINO/c1-2-11-5-3-4-8-17(11)14(18)12-7-6-10(15)9-13(12)16/h6-7,9,11H,2-5,8H2,1H3. The molecule has 0 radical (unpaired) electrons. The van der Waals surface area contributed by atoms with Crippen LogP contribution >= 0.6 is 22.6 Å². The Morgan fingerprint density at radius 2 is 2.28 bits per heavy atom. The molecule has 1 atom stereocenters. The highest BCUT2D eigenvalue weighted by atomic mass is 127. The van der Waals surface area contributed by atoms with Crippen LogP contribution in [-0.4, -0.2) is 23.4 Å². The lowest BCUT2D eigenvalue weighted by molar-refractivity contribution is 0.0607. The second-order valence-corrected chi connectivity index (χ2v) is 5.84. The number of nitrogens with zero attached hydrogens (tertiary/aromatic N) is 1. The number of piperidine rings is 1. The number of amides is 1. The number of rotatable bonds is 2. The summed E-state index contributed by atoms with van der Waals surface area (Å²) in [6, 6.07) is 4.71. The molecule has 18 heavy (non-hydrogen) atoms. The lowest BCUT2D eigenvalue weighted by atomic mass is 9.99. The maximum Gasteiger partial charge on any atom is 0.255 e. The molecule has 0 bridgehead atoms. The SMILES string of the molecule is CCC1CCCCN1C(=O)c1ccc(F)cc1I. The highest BCUT2D eigenvalue weighted by Crippen LogP contribution is 2.24. The minimum absolute atomic E-state index is 0.0472. The molecule has 4 heteroatoms. The Kier molecular flexibility index (Phi) is 4.59. The van der Waals surface area contributed by atoms with Crippen LogP contribution in [0.4, 0.5) is 4.39 Å². The molecular formula is C14H17FINO. The van der Waals surface area contributed by atoms with Gasteiger partial charge in [0.15, 0.2) is 0 Å². The van der Waals surface area contributed by atoms with Gasteiger partial charge in [-0.05, 0) is 66.5 Å². The van der Waals surface area contributed by atoms with E-state index in [1.54, 1.807) is 6.07 Å². The fourth-order valence-corrected chi connectivity index (χ4v) is 3.22. The van der Waals surface area contributed by atoms with Gasteiger partial charge in [-0.3, -0.25) is 4.79 Å². The summed E-state index contributed by atoms with van der Waals surface area (Å²) in [7, 11) is 0. The first-order valence-corrected chi connectivity index (χ1v) is 7.47. The van der Waals surface area contributed by atoms with E-state index in [1.165, 1.54) is 18.6 Å². The second kappa shape index (κ2) is 5.99. The maximum absolute atomic E-state index is 13.1. The molecule has 1 aromatic carbocycles. The molecule has 1 saturated heterocycles. The molecule has 1 amide bonds. The lowest BCUT2D eigenvalue weighted by Gasteiger charge is -2.35. The van der Waals surface area contributed by atoms with Crippen molar-refractivity contribution in [3.05, 3.63) is 33.1 Å². The molecule has 0 saturated carbocycles. The topological polar surface area (TPSA) is 20.3 Å². The van der Waals surface area contributed by atoms with Crippen LogP contribution in [-0.2, 0) is 0 Å². The maximum atomic E-state index is 13.1. The third-order valence-corrected chi connectivity index (χ3v) is 4.41. The zero-order valence-corrected chi connectivity index (χ0v) is 12.6. The summed E-state index contributed by atoms with van der Waals surface area (Å²) in [6.07, 6.45) is 4.34. The Morgan fingerprint density at radius 1 is 1.50 bits per heavy atom. The van der Waals surface area contributed by atoms with E-state index in [4.69, 9.17) is 0 Å². The van der Waals surface area contributed by atoms with Gasteiger partial charge < -0.3 is 4.90 Å². The predicted octanol–water partition coefficient (Wildman–Crippen LogP) is 3.84. The van der Waals surface area contributed by atoms with Crippen LogP contribution in [0.5, 0.6) is 0 Å². The summed E-state index contributed by atoms with van der Waals surface area (Å²) in [6.45, 7) is 2.94. The molecule has 98 valence electrons. The van der Waals surface area contributed by atoms with E-state index < -0.39 is 0 Å². The monoisotopic (exact) mass is 361 g/mol. The minimum Gasteiger partial charge on any atom is -0.336 e. The van der Waals surface area contributed by atoms with Gasteiger partial charge in [0, 0.05) is 16.2 Å². The molecule has 1 aliphatic rings. The van der Waals surface area contributed by atoms with Crippen molar-refractivity contribution in [1.29, 1.82) is 0 Å². The highest BCUT2D eigenvalue weighted by molar-refractivity contribution is 14.1. The Morgan fingerprint density at radius 3 is 2.94 bits per heavy atom. The quantitative estimate of drug-likeness (QED) is 0.734. The Hall–Kier alpha value is -0.650. The van der Waals surface area contributed by atoms with Gasteiger partial charge in [0.05, 0.1) is 5.56 Å². The molecule has 1 fully saturated rings. The molecule has 1 aromatic rings. The smallest absolute Gasteiger partial charge is 0.255 e. The third-order valence-electron chi connectivity index (χ3n) is 3.52. The average molecular weight is 361 g/mol. The fourth-order valence-electron chi connectivity index (χ4n) is 2.51. The summed E-state index contributed by atoms with van der Waals surface area (Å²) >= 11 is 2.03. The number of hydrogen-bond acceptors (Lipinski definition) is 1. The van der Waals surface area contributed by atoms with E-state index in [2.05, 4.69) is 6.92 Å². The molecule has 1 unspecified atom stereocenters. The van der Waals surface area contributed by atoms with E-state index in [0.29, 0.717) is 15.2 Å². The van der Waals surface area contributed by atoms with Crippen LogP contribution in [0.25, 0.3) is 0 Å². The van der Waals surface area contributed by atoms with Gasteiger partial charge in [-0.15, -0.1) is 0 Å². The molecule has 1 aliphatic heterocycles. The molecule has 2 nitrogen and oxygen atoms in total. The van der Waals surface area contributed by atoms with E-state index in [1.807, 2.05) is 27.5 Å². The number of likely N-dealkylation sites (tertiary alicyclic amines) is 1. The summed E-state index contributed by atoms with van der Waals surface area (Å²) in [4.78, 5) is 14.5. The fraction of sp³-hybridized carbons (Fsp3) is 0.500. The molecule has 0 aromatic heterocycles. The van der Waals surface area contributed by atoms with Crippen LogP contribution in [0.2, 0.25) is 0 Å². The van der Waals surface area contributed by atoms with Gasteiger partial charge in [0.25, 0.3) is 5.91 Å². The van der Waals surface area contributed by atoms with Gasteiger partial charge in [-0.1, -0.05) is 6.92 Å². The Balaban J connectivity index is 2.24. The van der Waals surface area contributed by atoms with Crippen molar-refractivity contribution in [3.8, 4) is 0 Å². The number of carbonyl (C=O) groups is 1. The molecule has 0 N–H and O–H groups in total. The van der Waals surface area contributed by atoms with Gasteiger partial charge >= 0.3 is 0 Å². The number of hydrogen-bond donors (Lipinski definition) is 0. The summed E-state index contributed by atoms with van der Waals surface area (Å²) < 4.78 is 13.8. The Bertz CT molecular complexity index is 449. The number of halogens is 2. The molecule has 0 aliphatic carbocycles. The van der Waals surface area contributed by atoms with Crippen LogP contribution in [0.1, 0.15) is 43.0 Å².